The van der Waals surface area contributed by atoms with Crippen molar-refractivity contribution in [2.75, 3.05) is 0 Å². The van der Waals surface area contributed by atoms with Crippen LogP contribution in [0.2, 0.25) is 0 Å². The number of nitrogens with two attached hydrogens (primary N) is 1. The Morgan fingerprint density at radius 3 is 2.44 bits per heavy atom. The van der Waals surface area contributed by atoms with Crippen molar-refractivity contribution in [3.8, 4) is 0 Å². The molecule has 1 rings (SSSR count). The van der Waals surface area contributed by atoms with E-state index in [0.29, 0.717) is 0 Å². The third-order valence-electron chi connectivity index (χ3n) is 1.28. The summed E-state index contributed by atoms with van der Waals surface area (Å²) in [4.78, 5) is 0. The fourth-order valence-electron chi connectivity index (χ4n) is 0.811. The van der Waals surface area contributed by atoms with Gasteiger partial charge >= 0.3 is 56.3 Å². The van der Waals surface area contributed by atoms with E-state index in [0.717, 1.165) is 6.16 Å². The first-order valence-corrected chi connectivity index (χ1v) is 4.99. The molecule has 1 nitrogen and oxygen atoms in total. The van der Waals surface area contributed by atoms with Crippen molar-refractivity contribution in [3.05, 3.63) is 35.9 Å². The zero-order valence-electron chi connectivity index (χ0n) is 5.38. The first kappa shape index (κ1) is 6.73. The molecule has 0 aliphatic heterocycles. The van der Waals surface area contributed by atoms with Gasteiger partial charge in [-0.3, -0.25) is 0 Å². The zero-order valence-corrected chi connectivity index (χ0v) is 6.79. The van der Waals surface area contributed by atoms with Gasteiger partial charge in [0.1, 0.15) is 0 Å². The average molecular weight is 141 g/mol. The summed E-state index contributed by atoms with van der Waals surface area (Å²) in [6.45, 7) is 0. The first-order valence-electron chi connectivity index (χ1n) is 3.17. The zero-order chi connectivity index (χ0) is 6.53. The van der Waals surface area contributed by atoms with E-state index in [-0.39, 0.29) is 8.73 Å². The summed E-state index contributed by atoms with van der Waals surface area (Å²) in [7, 11) is -0.284. The summed E-state index contributed by atoms with van der Waals surface area (Å²) in [5, 5.41) is 0. The van der Waals surface area contributed by atoms with E-state index in [1.165, 1.54) is 5.56 Å². The molecule has 0 radical (unpaired) electrons. The third-order valence-corrected chi connectivity index (χ3v) is 2.14. The molecule has 0 unspecified atom stereocenters. The molecule has 1 aromatic rings. The molecule has 2 heteroatoms. The van der Waals surface area contributed by atoms with Gasteiger partial charge in [-0.2, -0.15) is 0 Å². The van der Waals surface area contributed by atoms with E-state index in [2.05, 4.69) is 24.3 Å². The van der Waals surface area contributed by atoms with Gasteiger partial charge in [-0.05, 0) is 0 Å². The summed E-state index contributed by atoms with van der Waals surface area (Å²) < 4.78 is 0. The molecule has 0 aromatic heterocycles. The molecule has 0 spiro atoms. The van der Waals surface area contributed by atoms with Gasteiger partial charge in [-0.25, -0.2) is 0 Å². The Kier molecular flexibility index (Phi) is 2.69. The molecule has 50 valence electrons. The predicted molar refractivity (Wildman–Crippen MR) is 45.4 cm³/mol. The molecule has 0 aliphatic carbocycles. The molecule has 0 atom stereocenters. The SMILES string of the molecule is N[PH3]Cc1ccccc1. The monoisotopic (exact) mass is 141 g/mol. The van der Waals surface area contributed by atoms with Crippen molar-refractivity contribution >= 4 is 8.73 Å². The molecule has 0 fully saturated rings. The maximum absolute atomic E-state index is 5.50. The molecule has 0 amide bonds. The van der Waals surface area contributed by atoms with Crippen LogP contribution in [0, 0.1) is 0 Å². The first-order chi connectivity index (χ1) is 4.43. The number of hydrogen-bond acceptors (Lipinski definition) is 1. The van der Waals surface area contributed by atoms with Crippen LogP contribution in [0.3, 0.4) is 0 Å². The van der Waals surface area contributed by atoms with Crippen molar-refractivity contribution in [3.63, 3.8) is 0 Å². The Hall–Kier alpha value is -0.390. The summed E-state index contributed by atoms with van der Waals surface area (Å²) in [5.74, 6) is 0. The van der Waals surface area contributed by atoms with E-state index >= 15 is 0 Å². The van der Waals surface area contributed by atoms with E-state index in [4.69, 9.17) is 5.50 Å². The van der Waals surface area contributed by atoms with Crippen molar-refractivity contribution in [1.82, 2.24) is 0 Å². The van der Waals surface area contributed by atoms with Crippen LogP contribution in [-0.4, -0.2) is 0 Å². The van der Waals surface area contributed by atoms with Gasteiger partial charge in [0.05, 0.1) is 0 Å². The van der Waals surface area contributed by atoms with Gasteiger partial charge in [0.25, 0.3) is 0 Å². The van der Waals surface area contributed by atoms with Crippen LogP contribution < -0.4 is 5.50 Å². The van der Waals surface area contributed by atoms with Crippen LogP contribution in [0.15, 0.2) is 30.3 Å². The topological polar surface area (TPSA) is 26.0 Å². The Balaban J connectivity index is 2.61. The molecule has 0 heterocycles. The Labute approximate surface area is 57.1 Å². The molecule has 9 heavy (non-hydrogen) atoms. The summed E-state index contributed by atoms with van der Waals surface area (Å²) in [6.07, 6.45) is 1.13. The summed E-state index contributed by atoms with van der Waals surface area (Å²) in [5.41, 5.74) is 6.88. The number of hydrogen-bond donors (Lipinski definition) is 1. The number of rotatable bonds is 2. The molecular weight excluding hydrogens is 129 g/mol. The second-order valence-corrected chi connectivity index (χ2v) is 3.10. The molecular formula is C7H12NP. The van der Waals surface area contributed by atoms with Crippen molar-refractivity contribution in [2.45, 2.75) is 6.16 Å². The quantitative estimate of drug-likeness (QED) is 0.615. The molecule has 0 saturated carbocycles. The van der Waals surface area contributed by atoms with Crippen LogP contribution in [-0.2, 0) is 6.16 Å². The predicted octanol–water partition coefficient (Wildman–Crippen LogP) is 1.20. The van der Waals surface area contributed by atoms with Crippen molar-refractivity contribution in [1.29, 1.82) is 0 Å². The van der Waals surface area contributed by atoms with Crippen LogP contribution >= 0.6 is 8.73 Å². The maximum atomic E-state index is 5.50. The Morgan fingerprint density at radius 2 is 1.89 bits per heavy atom. The summed E-state index contributed by atoms with van der Waals surface area (Å²) >= 11 is 0. The van der Waals surface area contributed by atoms with Crippen LogP contribution in [0.4, 0.5) is 0 Å². The molecule has 1 aromatic carbocycles. The third kappa shape index (κ3) is 2.13. The van der Waals surface area contributed by atoms with Gasteiger partial charge in [-0.15, -0.1) is 0 Å². The van der Waals surface area contributed by atoms with Crippen LogP contribution in [0.5, 0.6) is 0 Å². The van der Waals surface area contributed by atoms with E-state index in [9.17, 15) is 0 Å². The standard InChI is InChI=1S/C7H12NP/c8-9-6-7-4-2-1-3-5-7/h1-5H,6,8H2,9H3. The molecule has 2 N–H and O–H groups in total. The van der Waals surface area contributed by atoms with Gasteiger partial charge in [-0.1, -0.05) is 0 Å². The van der Waals surface area contributed by atoms with Crippen LogP contribution in [0.25, 0.3) is 0 Å². The fraction of sp³-hybridized carbons (Fsp3) is 0.143. The second kappa shape index (κ2) is 3.60. The van der Waals surface area contributed by atoms with E-state index in [1.807, 2.05) is 6.07 Å². The van der Waals surface area contributed by atoms with Crippen molar-refractivity contribution < 1.29 is 0 Å². The normalized spacial score (nSPS) is 9.89. The molecule has 0 bridgehead atoms. The van der Waals surface area contributed by atoms with Gasteiger partial charge in [0.2, 0.25) is 0 Å². The van der Waals surface area contributed by atoms with Crippen LogP contribution in [0.1, 0.15) is 5.56 Å². The van der Waals surface area contributed by atoms with Gasteiger partial charge in [0, 0.05) is 0 Å². The molecule has 0 saturated heterocycles. The second-order valence-electron chi connectivity index (χ2n) is 2.02. The Bertz CT molecular complexity index is 162. The summed E-state index contributed by atoms with van der Waals surface area (Å²) in [6, 6.07) is 10.4. The average Bonchev–Trinajstić information content (AvgIpc) is 1.91. The number of benzene rings is 1. The van der Waals surface area contributed by atoms with Crippen molar-refractivity contribution in [2.24, 2.45) is 5.50 Å². The Morgan fingerprint density at radius 1 is 1.22 bits per heavy atom. The van der Waals surface area contributed by atoms with E-state index < -0.39 is 0 Å². The molecule has 0 aliphatic rings. The minimum absolute atomic E-state index is 0.284. The minimum atomic E-state index is -0.284. The van der Waals surface area contributed by atoms with Gasteiger partial charge in [0.15, 0.2) is 0 Å². The van der Waals surface area contributed by atoms with Gasteiger partial charge < -0.3 is 0 Å². The fourth-order valence-corrected chi connectivity index (χ4v) is 1.48. The van der Waals surface area contributed by atoms with E-state index in [1.54, 1.807) is 0 Å².